The Labute approximate surface area is 140 Å². The number of hydrogen-bond donors (Lipinski definition) is 0. The Balaban J connectivity index is 1.84. The summed E-state index contributed by atoms with van der Waals surface area (Å²) in [5.41, 5.74) is 4.20. The third-order valence-corrected chi connectivity index (χ3v) is 4.12. The summed E-state index contributed by atoms with van der Waals surface area (Å²) in [6.45, 7) is 4.34. The van der Waals surface area contributed by atoms with Gasteiger partial charge < -0.3 is 14.0 Å². The predicted molar refractivity (Wildman–Crippen MR) is 91.3 cm³/mol. The van der Waals surface area contributed by atoms with Crippen LogP contribution in [-0.2, 0) is 6.54 Å². The number of ether oxygens (including phenoxy) is 1. The Morgan fingerprint density at radius 2 is 2.08 bits per heavy atom. The maximum absolute atomic E-state index is 12.7. The van der Waals surface area contributed by atoms with Gasteiger partial charge in [0.15, 0.2) is 0 Å². The lowest BCUT2D eigenvalue weighted by Crippen LogP contribution is -2.27. The van der Waals surface area contributed by atoms with E-state index in [-0.39, 0.29) is 5.91 Å². The molecule has 3 rings (SSSR count). The molecule has 0 aromatic carbocycles. The van der Waals surface area contributed by atoms with Crippen molar-refractivity contribution in [3.05, 3.63) is 59.3 Å². The molecule has 3 heterocycles. The number of aromatic nitrogens is 3. The van der Waals surface area contributed by atoms with Crippen molar-refractivity contribution in [1.82, 2.24) is 19.3 Å². The largest absolute Gasteiger partial charge is 0.496 e. The van der Waals surface area contributed by atoms with E-state index < -0.39 is 0 Å². The monoisotopic (exact) mass is 324 g/mol. The fourth-order valence-corrected chi connectivity index (χ4v) is 2.79. The number of fused-ring (bicyclic) bond motifs is 1. The van der Waals surface area contributed by atoms with Crippen molar-refractivity contribution in [3.8, 4) is 5.75 Å². The molecular weight excluding hydrogens is 304 g/mol. The van der Waals surface area contributed by atoms with E-state index in [0.717, 1.165) is 28.2 Å². The molecule has 0 radical (unpaired) electrons. The zero-order chi connectivity index (χ0) is 17.3. The second kappa shape index (κ2) is 6.31. The second-order valence-electron chi connectivity index (χ2n) is 5.82. The van der Waals surface area contributed by atoms with Gasteiger partial charge in [-0.2, -0.15) is 0 Å². The summed E-state index contributed by atoms with van der Waals surface area (Å²) < 4.78 is 7.26. The Bertz CT molecular complexity index is 901. The van der Waals surface area contributed by atoms with E-state index in [2.05, 4.69) is 9.97 Å². The Morgan fingerprint density at radius 1 is 1.29 bits per heavy atom. The van der Waals surface area contributed by atoms with Crippen LogP contribution in [0.4, 0.5) is 0 Å². The summed E-state index contributed by atoms with van der Waals surface area (Å²) in [6.07, 6.45) is 7.09. The number of imidazole rings is 1. The summed E-state index contributed by atoms with van der Waals surface area (Å²) in [5.74, 6) is 0.757. The van der Waals surface area contributed by atoms with E-state index in [1.165, 1.54) is 0 Å². The molecule has 6 nitrogen and oxygen atoms in total. The quantitative estimate of drug-likeness (QED) is 0.740. The van der Waals surface area contributed by atoms with Crippen molar-refractivity contribution in [2.75, 3.05) is 14.2 Å². The van der Waals surface area contributed by atoms with Gasteiger partial charge in [0.25, 0.3) is 5.91 Å². The number of methoxy groups -OCH3 is 1. The van der Waals surface area contributed by atoms with Gasteiger partial charge in [0.05, 0.1) is 24.9 Å². The van der Waals surface area contributed by atoms with E-state index in [1.54, 1.807) is 43.7 Å². The first-order chi connectivity index (χ1) is 11.5. The highest BCUT2D eigenvalue weighted by atomic mass is 16.5. The third-order valence-electron chi connectivity index (χ3n) is 4.12. The maximum Gasteiger partial charge on any atom is 0.255 e. The van der Waals surface area contributed by atoms with E-state index in [4.69, 9.17) is 4.74 Å². The highest BCUT2D eigenvalue weighted by Crippen LogP contribution is 2.24. The highest BCUT2D eigenvalue weighted by Gasteiger charge is 2.16. The number of carbonyl (C=O) groups excluding carboxylic acids is 1. The minimum Gasteiger partial charge on any atom is -0.496 e. The topological polar surface area (TPSA) is 59.7 Å². The summed E-state index contributed by atoms with van der Waals surface area (Å²) in [6, 6.07) is 3.62. The molecule has 6 heteroatoms. The standard InChI is InChI=1S/C18H20N4O2/c1-12-9-20-15(13(2)17(12)24-4)11-21(3)18(23)14-5-6-16-19-7-8-22(16)10-14/h5-10H,11H2,1-4H3. The fraction of sp³-hybridized carbons (Fsp3) is 0.278. The molecule has 0 saturated heterocycles. The van der Waals surface area contributed by atoms with Crippen LogP contribution >= 0.6 is 0 Å². The SMILES string of the molecule is COc1c(C)cnc(CN(C)C(=O)c2ccc3nccn3c2)c1C. The number of hydrogen-bond acceptors (Lipinski definition) is 4. The summed E-state index contributed by atoms with van der Waals surface area (Å²) in [4.78, 5) is 23.0. The lowest BCUT2D eigenvalue weighted by atomic mass is 10.1. The van der Waals surface area contributed by atoms with Gasteiger partial charge in [0, 0.05) is 43.0 Å². The molecule has 0 aliphatic rings. The number of nitrogens with zero attached hydrogens (tertiary/aromatic N) is 4. The lowest BCUT2D eigenvalue weighted by Gasteiger charge is -2.19. The van der Waals surface area contributed by atoms with Gasteiger partial charge in [-0.3, -0.25) is 9.78 Å². The predicted octanol–water partition coefficient (Wildman–Crippen LogP) is 2.63. The Morgan fingerprint density at radius 3 is 2.83 bits per heavy atom. The van der Waals surface area contributed by atoms with Crippen molar-refractivity contribution < 1.29 is 9.53 Å². The van der Waals surface area contributed by atoms with Gasteiger partial charge in [-0.25, -0.2) is 4.98 Å². The highest BCUT2D eigenvalue weighted by molar-refractivity contribution is 5.94. The van der Waals surface area contributed by atoms with Crippen molar-refractivity contribution in [2.24, 2.45) is 0 Å². The van der Waals surface area contributed by atoms with Crippen LogP contribution in [0.25, 0.3) is 5.65 Å². The molecule has 0 N–H and O–H groups in total. The van der Waals surface area contributed by atoms with Crippen LogP contribution in [0, 0.1) is 13.8 Å². The van der Waals surface area contributed by atoms with Gasteiger partial charge in [-0.05, 0) is 26.0 Å². The van der Waals surface area contributed by atoms with Crippen LogP contribution in [0.3, 0.4) is 0 Å². The minimum atomic E-state index is -0.0636. The molecule has 0 aliphatic carbocycles. The van der Waals surface area contributed by atoms with Gasteiger partial charge in [0.1, 0.15) is 11.4 Å². The average Bonchev–Trinajstić information content (AvgIpc) is 3.04. The zero-order valence-electron chi connectivity index (χ0n) is 14.3. The summed E-state index contributed by atoms with van der Waals surface area (Å²) >= 11 is 0. The van der Waals surface area contributed by atoms with Crippen molar-refractivity contribution in [2.45, 2.75) is 20.4 Å². The van der Waals surface area contributed by atoms with E-state index in [1.807, 2.05) is 30.5 Å². The number of aryl methyl sites for hydroxylation is 1. The number of pyridine rings is 2. The smallest absolute Gasteiger partial charge is 0.255 e. The molecule has 0 spiro atoms. The maximum atomic E-state index is 12.7. The second-order valence-corrected chi connectivity index (χ2v) is 5.82. The van der Waals surface area contributed by atoms with Gasteiger partial charge in [0.2, 0.25) is 0 Å². The van der Waals surface area contributed by atoms with Crippen LogP contribution < -0.4 is 4.74 Å². The Kier molecular flexibility index (Phi) is 4.20. The molecular formula is C18H20N4O2. The lowest BCUT2D eigenvalue weighted by molar-refractivity contribution is 0.0782. The normalized spacial score (nSPS) is 10.8. The van der Waals surface area contributed by atoms with Crippen LogP contribution in [0.1, 0.15) is 27.2 Å². The fourth-order valence-electron chi connectivity index (χ4n) is 2.79. The molecule has 0 saturated carbocycles. The van der Waals surface area contributed by atoms with E-state index in [0.29, 0.717) is 12.1 Å². The van der Waals surface area contributed by atoms with Crippen molar-refractivity contribution in [1.29, 1.82) is 0 Å². The number of carbonyl (C=O) groups is 1. The molecule has 124 valence electrons. The van der Waals surface area contributed by atoms with Gasteiger partial charge in [-0.15, -0.1) is 0 Å². The molecule has 3 aromatic rings. The van der Waals surface area contributed by atoms with E-state index >= 15 is 0 Å². The number of amides is 1. The summed E-state index contributed by atoms with van der Waals surface area (Å²) in [7, 11) is 3.42. The average molecular weight is 324 g/mol. The van der Waals surface area contributed by atoms with Crippen LogP contribution in [0.5, 0.6) is 5.75 Å². The molecule has 0 unspecified atom stereocenters. The molecule has 0 atom stereocenters. The van der Waals surface area contributed by atoms with Crippen molar-refractivity contribution >= 4 is 11.6 Å². The van der Waals surface area contributed by atoms with Crippen LogP contribution in [0.2, 0.25) is 0 Å². The molecule has 3 aromatic heterocycles. The van der Waals surface area contributed by atoms with Crippen molar-refractivity contribution in [3.63, 3.8) is 0 Å². The van der Waals surface area contributed by atoms with Gasteiger partial charge in [-0.1, -0.05) is 0 Å². The van der Waals surface area contributed by atoms with Crippen LogP contribution in [0.15, 0.2) is 36.9 Å². The molecule has 1 amide bonds. The van der Waals surface area contributed by atoms with Gasteiger partial charge >= 0.3 is 0 Å². The summed E-state index contributed by atoms with van der Waals surface area (Å²) in [5, 5.41) is 0. The van der Waals surface area contributed by atoms with E-state index in [9.17, 15) is 4.79 Å². The molecule has 24 heavy (non-hydrogen) atoms. The molecule has 0 aliphatic heterocycles. The third kappa shape index (κ3) is 2.82. The number of rotatable bonds is 4. The van der Waals surface area contributed by atoms with Crippen LogP contribution in [-0.4, -0.2) is 39.3 Å². The first-order valence-electron chi connectivity index (χ1n) is 7.68. The first-order valence-corrected chi connectivity index (χ1v) is 7.68. The molecule has 0 bridgehead atoms. The first kappa shape index (κ1) is 16.0. The molecule has 0 fully saturated rings. The Hall–Kier alpha value is -2.89. The zero-order valence-corrected chi connectivity index (χ0v) is 14.3. The minimum absolute atomic E-state index is 0.0636.